The van der Waals surface area contributed by atoms with Crippen LogP contribution in [0, 0.1) is 10.1 Å². The highest BCUT2D eigenvalue weighted by Crippen LogP contribution is 2.15. The fourth-order valence-corrected chi connectivity index (χ4v) is 2.38. The summed E-state index contributed by atoms with van der Waals surface area (Å²) in [5.74, 6) is 0. The van der Waals surface area contributed by atoms with Gasteiger partial charge in [0, 0.05) is 18.7 Å². The Balaban J connectivity index is 0.00000324. The molecule has 0 unspecified atom stereocenters. The molecule has 0 heterocycles. The summed E-state index contributed by atoms with van der Waals surface area (Å²) in [5.41, 5.74) is -0.135. The van der Waals surface area contributed by atoms with Gasteiger partial charge in [0.1, 0.15) is 0 Å². The van der Waals surface area contributed by atoms with Gasteiger partial charge in [-0.15, -0.1) is 12.4 Å². The average molecular weight is 310 g/mol. The zero-order valence-electron chi connectivity index (χ0n) is 10.3. The third kappa shape index (κ3) is 5.52. The Kier molecular flexibility index (Phi) is 7.53. The number of nitrogens with zero attached hydrogens (tertiary/aromatic N) is 1. The first-order valence-electron chi connectivity index (χ1n) is 5.36. The maximum atomic E-state index is 11.8. The minimum Gasteiger partial charge on any atom is -0.320 e. The van der Waals surface area contributed by atoms with Crippen LogP contribution in [0.3, 0.4) is 0 Å². The van der Waals surface area contributed by atoms with Crippen LogP contribution in [0.2, 0.25) is 0 Å². The standard InChI is InChI=1S/C10H15N3O4S.ClH/c1-11-7-2-8-12-18(16,17)10-5-3-9(4-6-10)13(14)15;/h3-6,11-12H,2,7-8H2,1H3;1H. The Morgan fingerprint density at radius 3 is 2.26 bits per heavy atom. The van der Waals surface area contributed by atoms with Crippen molar-refractivity contribution in [2.24, 2.45) is 0 Å². The number of nitrogens with one attached hydrogen (secondary N) is 2. The van der Waals surface area contributed by atoms with Gasteiger partial charge >= 0.3 is 0 Å². The van der Waals surface area contributed by atoms with Crippen molar-refractivity contribution in [1.82, 2.24) is 10.0 Å². The summed E-state index contributed by atoms with van der Waals surface area (Å²) in [6.07, 6.45) is 0.669. The van der Waals surface area contributed by atoms with Gasteiger partial charge in [-0.1, -0.05) is 0 Å². The van der Waals surface area contributed by atoms with Gasteiger partial charge in [0.05, 0.1) is 9.82 Å². The van der Waals surface area contributed by atoms with E-state index < -0.39 is 14.9 Å². The average Bonchev–Trinajstić information content (AvgIpc) is 2.35. The van der Waals surface area contributed by atoms with E-state index in [0.717, 1.165) is 0 Å². The van der Waals surface area contributed by atoms with Crippen molar-refractivity contribution in [3.8, 4) is 0 Å². The molecule has 9 heteroatoms. The molecule has 19 heavy (non-hydrogen) atoms. The highest BCUT2D eigenvalue weighted by Gasteiger charge is 2.14. The topological polar surface area (TPSA) is 101 Å². The van der Waals surface area contributed by atoms with E-state index in [1.807, 2.05) is 0 Å². The van der Waals surface area contributed by atoms with E-state index in [1.165, 1.54) is 24.3 Å². The fraction of sp³-hybridized carbons (Fsp3) is 0.400. The largest absolute Gasteiger partial charge is 0.320 e. The molecule has 1 aromatic carbocycles. The van der Waals surface area contributed by atoms with Gasteiger partial charge in [-0.05, 0) is 32.1 Å². The number of benzene rings is 1. The molecule has 1 aromatic rings. The maximum Gasteiger partial charge on any atom is 0.269 e. The molecule has 2 N–H and O–H groups in total. The molecule has 0 bridgehead atoms. The van der Waals surface area contributed by atoms with Gasteiger partial charge in [0.15, 0.2) is 0 Å². The van der Waals surface area contributed by atoms with Crippen LogP contribution >= 0.6 is 12.4 Å². The molecular formula is C10H16ClN3O4S. The van der Waals surface area contributed by atoms with E-state index in [-0.39, 0.29) is 23.0 Å². The molecule has 0 saturated carbocycles. The molecule has 7 nitrogen and oxygen atoms in total. The zero-order chi connectivity index (χ0) is 13.6. The Hall–Kier alpha value is -1.22. The number of nitro benzene ring substituents is 1. The molecule has 0 fully saturated rings. The lowest BCUT2D eigenvalue weighted by Gasteiger charge is -2.06. The summed E-state index contributed by atoms with van der Waals surface area (Å²) >= 11 is 0. The minimum absolute atomic E-state index is 0. The molecule has 0 radical (unpaired) electrons. The molecular weight excluding hydrogens is 294 g/mol. The number of halogens is 1. The summed E-state index contributed by atoms with van der Waals surface area (Å²) in [6.45, 7) is 1.03. The Bertz CT molecular complexity index is 504. The number of hydrogen-bond acceptors (Lipinski definition) is 5. The number of non-ortho nitro benzene ring substituents is 1. The van der Waals surface area contributed by atoms with Crippen molar-refractivity contribution < 1.29 is 13.3 Å². The minimum atomic E-state index is -3.58. The molecule has 0 aliphatic heterocycles. The lowest BCUT2D eigenvalue weighted by Crippen LogP contribution is -2.26. The van der Waals surface area contributed by atoms with E-state index in [1.54, 1.807) is 7.05 Å². The second-order valence-corrected chi connectivity index (χ2v) is 5.37. The van der Waals surface area contributed by atoms with Crippen LogP contribution < -0.4 is 10.0 Å². The number of hydrogen-bond donors (Lipinski definition) is 2. The summed E-state index contributed by atoms with van der Waals surface area (Å²) in [7, 11) is -1.80. The molecule has 0 saturated heterocycles. The SMILES string of the molecule is CNCCCNS(=O)(=O)c1ccc([N+](=O)[O-])cc1.Cl. The van der Waals surface area contributed by atoms with Crippen molar-refractivity contribution >= 4 is 28.1 Å². The quantitative estimate of drug-likeness (QED) is 0.443. The van der Waals surface area contributed by atoms with Crippen LogP contribution in [0.4, 0.5) is 5.69 Å². The Morgan fingerprint density at radius 2 is 1.79 bits per heavy atom. The molecule has 108 valence electrons. The van der Waals surface area contributed by atoms with Crippen LogP contribution in [0.1, 0.15) is 6.42 Å². The van der Waals surface area contributed by atoms with Crippen LogP contribution in [0.5, 0.6) is 0 Å². The fourth-order valence-electron chi connectivity index (χ4n) is 1.30. The van der Waals surface area contributed by atoms with Crippen molar-refractivity contribution in [2.45, 2.75) is 11.3 Å². The molecule has 0 amide bonds. The molecule has 0 spiro atoms. The maximum absolute atomic E-state index is 11.8. The highest BCUT2D eigenvalue weighted by molar-refractivity contribution is 7.89. The normalized spacial score (nSPS) is 10.8. The lowest BCUT2D eigenvalue weighted by atomic mass is 10.3. The van der Waals surface area contributed by atoms with Gasteiger partial charge in [-0.25, -0.2) is 13.1 Å². The second kappa shape index (κ2) is 8.05. The number of nitro groups is 1. The van der Waals surface area contributed by atoms with Crippen molar-refractivity contribution in [3.63, 3.8) is 0 Å². The smallest absolute Gasteiger partial charge is 0.269 e. The van der Waals surface area contributed by atoms with Gasteiger partial charge in [-0.3, -0.25) is 10.1 Å². The van der Waals surface area contributed by atoms with Gasteiger partial charge in [-0.2, -0.15) is 0 Å². The van der Waals surface area contributed by atoms with Gasteiger partial charge in [0.2, 0.25) is 10.0 Å². The van der Waals surface area contributed by atoms with E-state index in [4.69, 9.17) is 0 Å². The molecule has 1 rings (SSSR count). The van der Waals surface area contributed by atoms with Crippen molar-refractivity contribution in [1.29, 1.82) is 0 Å². The zero-order valence-corrected chi connectivity index (χ0v) is 12.0. The summed E-state index contributed by atoms with van der Waals surface area (Å²) in [6, 6.07) is 4.78. The molecule has 0 aliphatic carbocycles. The van der Waals surface area contributed by atoms with Crippen molar-refractivity contribution in [2.75, 3.05) is 20.1 Å². The van der Waals surface area contributed by atoms with E-state index >= 15 is 0 Å². The summed E-state index contributed by atoms with van der Waals surface area (Å²) in [4.78, 5) is 9.89. The third-order valence-electron chi connectivity index (χ3n) is 2.25. The predicted octanol–water partition coefficient (Wildman–Crippen LogP) is 0.904. The van der Waals surface area contributed by atoms with E-state index in [2.05, 4.69) is 10.0 Å². The lowest BCUT2D eigenvalue weighted by molar-refractivity contribution is -0.384. The van der Waals surface area contributed by atoms with Gasteiger partial charge < -0.3 is 5.32 Å². The Labute approximate surface area is 118 Å². The summed E-state index contributed by atoms with van der Waals surface area (Å²) in [5, 5.41) is 13.3. The molecule has 0 aromatic heterocycles. The highest BCUT2D eigenvalue weighted by atomic mass is 35.5. The Morgan fingerprint density at radius 1 is 1.21 bits per heavy atom. The number of rotatable bonds is 7. The monoisotopic (exact) mass is 309 g/mol. The first-order chi connectivity index (χ1) is 8.47. The van der Waals surface area contributed by atoms with Gasteiger partial charge in [0.25, 0.3) is 5.69 Å². The van der Waals surface area contributed by atoms with E-state index in [9.17, 15) is 18.5 Å². The van der Waals surface area contributed by atoms with Crippen LogP contribution in [-0.4, -0.2) is 33.5 Å². The first kappa shape index (κ1) is 17.8. The van der Waals surface area contributed by atoms with Crippen LogP contribution in [0.15, 0.2) is 29.2 Å². The second-order valence-electron chi connectivity index (χ2n) is 3.61. The molecule has 0 atom stereocenters. The molecule has 0 aliphatic rings. The van der Waals surface area contributed by atoms with Crippen LogP contribution in [-0.2, 0) is 10.0 Å². The summed E-state index contributed by atoms with van der Waals surface area (Å²) < 4.78 is 26.0. The van der Waals surface area contributed by atoms with Crippen molar-refractivity contribution in [3.05, 3.63) is 34.4 Å². The number of sulfonamides is 1. The third-order valence-corrected chi connectivity index (χ3v) is 3.73. The first-order valence-corrected chi connectivity index (χ1v) is 6.84. The van der Waals surface area contributed by atoms with Crippen LogP contribution in [0.25, 0.3) is 0 Å². The predicted molar refractivity (Wildman–Crippen MR) is 74.1 cm³/mol. The van der Waals surface area contributed by atoms with E-state index in [0.29, 0.717) is 19.5 Å².